The highest BCUT2D eigenvalue weighted by Gasteiger charge is 2.13. The van der Waals surface area contributed by atoms with Crippen LogP contribution in [0.4, 0.5) is 5.95 Å². The Bertz CT molecular complexity index is 588. The predicted molar refractivity (Wildman–Crippen MR) is 69.8 cm³/mol. The number of imidazole rings is 1. The van der Waals surface area contributed by atoms with Gasteiger partial charge in [0.15, 0.2) is 15.9 Å². The van der Waals surface area contributed by atoms with Crippen LogP contribution in [0, 0.1) is 0 Å². The first kappa shape index (κ1) is 12.1. The van der Waals surface area contributed by atoms with Crippen LogP contribution in [0.15, 0.2) is 9.53 Å². The molecule has 17 heavy (non-hydrogen) atoms. The van der Waals surface area contributed by atoms with Crippen LogP contribution in [0.5, 0.6) is 0 Å². The van der Waals surface area contributed by atoms with Crippen LogP contribution in [0.3, 0.4) is 0 Å². The van der Waals surface area contributed by atoms with Gasteiger partial charge >= 0.3 is 0 Å². The van der Waals surface area contributed by atoms with Crippen molar-refractivity contribution in [3.8, 4) is 0 Å². The van der Waals surface area contributed by atoms with Crippen molar-refractivity contribution < 1.29 is 0 Å². The molecule has 0 saturated carbocycles. The van der Waals surface area contributed by atoms with Gasteiger partial charge in [-0.1, -0.05) is 19.8 Å². The zero-order chi connectivity index (χ0) is 12.4. The molecular weight excluding hydrogens is 286 g/mol. The highest BCUT2D eigenvalue weighted by molar-refractivity contribution is 9.10. The number of hydrogen-bond acceptors (Lipinski definition) is 4. The molecule has 2 aromatic rings. The lowest BCUT2D eigenvalue weighted by Crippen LogP contribution is -2.12. The Morgan fingerprint density at radius 3 is 2.88 bits per heavy atom. The van der Waals surface area contributed by atoms with Crippen molar-refractivity contribution in [3.63, 3.8) is 0 Å². The summed E-state index contributed by atoms with van der Waals surface area (Å²) in [5, 5.41) is 0. The number of hydrogen-bond donors (Lipinski definition) is 2. The Hall–Kier alpha value is -1.37. The molecule has 0 aliphatic heterocycles. The van der Waals surface area contributed by atoms with E-state index in [0.29, 0.717) is 15.9 Å². The molecule has 0 fully saturated rings. The number of aromatic amines is 1. The first-order chi connectivity index (χ1) is 8.13. The Kier molecular flexibility index (Phi) is 3.46. The van der Waals surface area contributed by atoms with Crippen LogP contribution in [-0.4, -0.2) is 19.5 Å². The number of nitrogens with two attached hydrogens (primary N) is 1. The van der Waals surface area contributed by atoms with Gasteiger partial charge in [-0.25, -0.2) is 4.98 Å². The molecule has 2 aromatic heterocycles. The van der Waals surface area contributed by atoms with E-state index in [0.717, 1.165) is 25.8 Å². The summed E-state index contributed by atoms with van der Waals surface area (Å²) in [5.41, 5.74) is 6.09. The fourth-order valence-corrected chi connectivity index (χ4v) is 2.24. The molecule has 92 valence electrons. The topological polar surface area (TPSA) is 89.6 Å². The monoisotopic (exact) mass is 299 g/mol. The molecule has 3 N–H and O–H groups in total. The number of nitrogen functional groups attached to an aromatic ring is 1. The maximum absolute atomic E-state index is 11.6. The number of rotatable bonds is 4. The fourth-order valence-electron chi connectivity index (χ4n) is 1.72. The summed E-state index contributed by atoms with van der Waals surface area (Å²) in [5.74, 6) is 0.117. The molecule has 0 unspecified atom stereocenters. The molecule has 0 aliphatic rings. The smallest absolute Gasteiger partial charge is 0.280 e. The van der Waals surface area contributed by atoms with Crippen molar-refractivity contribution in [2.45, 2.75) is 32.7 Å². The van der Waals surface area contributed by atoms with E-state index in [9.17, 15) is 4.79 Å². The molecule has 2 heterocycles. The number of H-pyrrole nitrogens is 1. The number of unbranched alkanes of at least 4 members (excludes halogenated alkanes) is 2. The maximum Gasteiger partial charge on any atom is 0.280 e. The number of aromatic nitrogens is 4. The largest absolute Gasteiger partial charge is 0.369 e. The molecule has 0 spiro atoms. The number of halogens is 1. The molecule has 2 rings (SSSR count). The molecule has 0 atom stereocenters. The second-order valence-electron chi connectivity index (χ2n) is 3.86. The molecule has 0 aliphatic carbocycles. The third-order valence-electron chi connectivity index (χ3n) is 2.56. The van der Waals surface area contributed by atoms with Crippen molar-refractivity contribution in [3.05, 3.63) is 15.1 Å². The number of fused-ring (bicyclic) bond motifs is 1. The second-order valence-corrected chi connectivity index (χ2v) is 4.57. The number of aryl methyl sites for hydroxylation is 1. The Balaban J connectivity index is 2.47. The minimum atomic E-state index is -0.303. The average molecular weight is 300 g/mol. The van der Waals surface area contributed by atoms with Gasteiger partial charge < -0.3 is 10.3 Å². The van der Waals surface area contributed by atoms with Gasteiger partial charge in [0.25, 0.3) is 5.56 Å². The summed E-state index contributed by atoms with van der Waals surface area (Å²) in [4.78, 5) is 22.3. The molecule has 0 bridgehead atoms. The van der Waals surface area contributed by atoms with Crippen molar-refractivity contribution in [2.75, 3.05) is 5.73 Å². The molecule has 0 radical (unpaired) electrons. The maximum atomic E-state index is 11.6. The molecule has 0 saturated heterocycles. The van der Waals surface area contributed by atoms with Gasteiger partial charge in [0, 0.05) is 6.54 Å². The average Bonchev–Trinajstić information content (AvgIpc) is 2.57. The summed E-state index contributed by atoms with van der Waals surface area (Å²) >= 11 is 3.34. The van der Waals surface area contributed by atoms with Crippen LogP contribution in [0.25, 0.3) is 11.2 Å². The third kappa shape index (κ3) is 2.33. The third-order valence-corrected chi connectivity index (χ3v) is 3.17. The standard InChI is InChI=1S/C10H14BrN5O/c1-2-3-4-5-16-7-6(13-9(16)11)8(17)15-10(12)14-7/h2-5H2,1H3,(H3,12,14,15,17). The Morgan fingerprint density at radius 1 is 1.41 bits per heavy atom. The summed E-state index contributed by atoms with van der Waals surface area (Å²) in [6.45, 7) is 2.92. The predicted octanol–water partition coefficient (Wildman–Crippen LogP) is 1.65. The number of anilines is 1. The van der Waals surface area contributed by atoms with Gasteiger partial charge in [0.1, 0.15) is 0 Å². The normalized spacial score (nSPS) is 11.2. The van der Waals surface area contributed by atoms with E-state index in [2.05, 4.69) is 37.8 Å². The van der Waals surface area contributed by atoms with Crippen LogP contribution < -0.4 is 11.3 Å². The lowest BCUT2D eigenvalue weighted by molar-refractivity contribution is 0.602. The zero-order valence-electron chi connectivity index (χ0n) is 9.53. The van der Waals surface area contributed by atoms with Crippen molar-refractivity contribution in [1.82, 2.24) is 19.5 Å². The lowest BCUT2D eigenvalue weighted by atomic mass is 10.2. The summed E-state index contributed by atoms with van der Waals surface area (Å²) in [6, 6.07) is 0. The summed E-state index contributed by atoms with van der Waals surface area (Å²) < 4.78 is 2.49. The molecule has 7 heteroatoms. The highest BCUT2D eigenvalue weighted by Crippen LogP contribution is 2.17. The van der Waals surface area contributed by atoms with Crippen molar-refractivity contribution in [2.24, 2.45) is 0 Å². The van der Waals surface area contributed by atoms with Gasteiger partial charge in [0.2, 0.25) is 5.95 Å². The van der Waals surface area contributed by atoms with Crippen molar-refractivity contribution >= 4 is 33.0 Å². The number of nitrogens with zero attached hydrogens (tertiary/aromatic N) is 3. The number of nitrogens with one attached hydrogen (secondary N) is 1. The van der Waals surface area contributed by atoms with Crippen LogP contribution in [0.2, 0.25) is 0 Å². The fraction of sp³-hybridized carbons (Fsp3) is 0.500. The summed E-state index contributed by atoms with van der Waals surface area (Å²) in [7, 11) is 0. The van der Waals surface area contributed by atoms with E-state index in [1.54, 1.807) is 0 Å². The van der Waals surface area contributed by atoms with Gasteiger partial charge in [-0.05, 0) is 22.4 Å². The highest BCUT2D eigenvalue weighted by atomic mass is 79.9. The van der Waals surface area contributed by atoms with Crippen LogP contribution >= 0.6 is 15.9 Å². The molecular formula is C10H14BrN5O. The van der Waals surface area contributed by atoms with E-state index in [1.807, 2.05) is 4.57 Å². The molecule has 6 nitrogen and oxygen atoms in total. The van der Waals surface area contributed by atoms with E-state index < -0.39 is 0 Å². The molecule has 0 aromatic carbocycles. The molecule has 0 amide bonds. The minimum absolute atomic E-state index is 0.117. The zero-order valence-corrected chi connectivity index (χ0v) is 11.1. The van der Waals surface area contributed by atoms with E-state index in [-0.39, 0.29) is 11.5 Å². The van der Waals surface area contributed by atoms with Gasteiger partial charge in [0.05, 0.1) is 0 Å². The Labute approximate surface area is 106 Å². The van der Waals surface area contributed by atoms with Crippen LogP contribution in [-0.2, 0) is 6.54 Å². The summed E-state index contributed by atoms with van der Waals surface area (Å²) in [6.07, 6.45) is 3.29. The first-order valence-corrected chi connectivity index (χ1v) is 6.34. The van der Waals surface area contributed by atoms with Crippen molar-refractivity contribution in [1.29, 1.82) is 0 Å². The van der Waals surface area contributed by atoms with Gasteiger partial charge in [-0.3, -0.25) is 9.78 Å². The SMILES string of the molecule is CCCCCn1c(Br)nc2c(=O)[nH]c(N)nc21. The first-order valence-electron chi connectivity index (χ1n) is 5.55. The second kappa shape index (κ2) is 4.87. The quantitative estimate of drug-likeness (QED) is 0.663. The van der Waals surface area contributed by atoms with Gasteiger partial charge in [-0.2, -0.15) is 4.98 Å². The minimum Gasteiger partial charge on any atom is -0.369 e. The Morgan fingerprint density at radius 2 is 2.18 bits per heavy atom. The van der Waals surface area contributed by atoms with Crippen LogP contribution in [0.1, 0.15) is 26.2 Å². The van der Waals surface area contributed by atoms with Gasteiger partial charge in [-0.15, -0.1) is 0 Å². The lowest BCUT2D eigenvalue weighted by Gasteiger charge is -2.04. The van der Waals surface area contributed by atoms with E-state index in [1.165, 1.54) is 0 Å². The van der Waals surface area contributed by atoms with E-state index >= 15 is 0 Å². The van der Waals surface area contributed by atoms with E-state index in [4.69, 9.17) is 5.73 Å².